The molecule has 1 aromatic carbocycles. The van der Waals surface area contributed by atoms with Crippen LogP contribution >= 0.6 is 0 Å². The highest BCUT2D eigenvalue weighted by molar-refractivity contribution is 7.88. The summed E-state index contributed by atoms with van der Waals surface area (Å²) in [6, 6.07) is 5.50. The van der Waals surface area contributed by atoms with E-state index >= 15 is 0 Å². The van der Waals surface area contributed by atoms with Crippen molar-refractivity contribution in [2.24, 2.45) is 5.92 Å². The van der Waals surface area contributed by atoms with E-state index in [-0.39, 0.29) is 23.6 Å². The third-order valence-corrected chi connectivity index (χ3v) is 5.58. The Morgan fingerprint density at radius 2 is 2.24 bits per heavy atom. The third-order valence-electron chi connectivity index (χ3n) is 3.79. The Bertz CT molecular complexity index is 669. The highest BCUT2D eigenvalue weighted by atomic mass is 32.2. The van der Waals surface area contributed by atoms with Gasteiger partial charge in [0.2, 0.25) is 10.0 Å². The summed E-state index contributed by atoms with van der Waals surface area (Å²) in [6.07, 6.45) is -0.134. The average molecular weight is 312 g/mol. The number of nitrogens with zero attached hydrogens (tertiary/aromatic N) is 2. The van der Waals surface area contributed by atoms with Gasteiger partial charge < -0.3 is 5.11 Å². The van der Waals surface area contributed by atoms with Crippen molar-refractivity contribution in [1.29, 1.82) is 5.26 Å². The van der Waals surface area contributed by atoms with Gasteiger partial charge in [-0.15, -0.1) is 0 Å². The lowest BCUT2D eigenvalue weighted by atomic mass is 9.98. The first-order chi connectivity index (χ1) is 9.83. The van der Waals surface area contributed by atoms with Crippen LogP contribution in [-0.4, -0.2) is 37.0 Å². The number of sulfonamides is 1. The quantitative estimate of drug-likeness (QED) is 0.910. The van der Waals surface area contributed by atoms with Crippen LogP contribution in [0.25, 0.3) is 0 Å². The van der Waals surface area contributed by atoms with Crippen LogP contribution in [0.15, 0.2) is 18.2 Å². The Balaban J connectivity index is 2.20. The number of halogens is 1. The van der Waals surface area contributed by atoms with Crippen LogP contribution in [0.5, 0.6) is 0 Å². The van der Waals surface area contributed by atoms with Gasteiger partial charge in [0.15, 0.2) is 0 Å². The van der Waals surface area contributed by atoms with E-state index in [9.17, 15) is 17.9 Å². The first-order valence-corrected chi connectivity index (χ1v) is 8.29. The monoisotopic (exact) mass is 312 g/mol. The Morgan fingerprint density at radius 3 is 2.86 bits per heavy atom. The summed E-state index contributed by atoms with van der Waals surface area (Å²) in [4.78, 5) is 0. The van der Waals surface area contributed by atoms with Crippen LogP contribution in [-0.2, 0) is 15.8 Å². The second-order valence-electron chi connectivity index (χ2n) is 5.37. The molecule has 1 saturated heterocycles. The molecule has 2 unspecified atom stereocenters. The summed E-state index contributed by atoms with van der Waals surface area (Å²) in [6.45, 7) is 2.22. The topological polar surface area (TPSA) is 81.4 Å². The van der Waals surface area contributed by atoms with Crippen molar-refractivity contribution in [3.8, 4) is 6.07 Å². The number of aliphatic hydroxyl groups is 1. The summed E-state index contributed by atoms with van der Waals surface area (Å²) in [7, 11) is -3.72. The third kappa shape index (κ3) is 3.59. The van der Waals surface area contributed by atoms with Crippen molar-refractivity contribution in [2.45, 2.75) is 25.2 Å². The highest BCUT2D eigenvalue weighted by Gasteiger charge is 2.32. The second-order valence-corrected chi connectivity index (χ2v) is 7.33. The van der Waals surface area contributed by atoms with Gasteiger partial charge in [-0.3, -0.25) is 0 Å². The zero-order valence-corrected chi connectivity index (χ0v) is 12.5. The van der Waals surface area contributed by atoms with Crippen molar-refractivity contribution in [1.82, 2.24) is 4.31 Å². The van der Waals surface area contributed by atoms with Gasteiger partial charge in [-0.1, -0.05) is 6.92 Å². The molecule has 1 aromatic rings. The van der Waals surface area contributed by atoms with Gasteiger partial charge in [-0.25, -0.2) is 12.8 Å². The fraction of sp³-hybridized carbons (Fsp3) is 0.500. The van der Waals surface area contributed by atoms with E-state index in [2.05, 4.69) is 0 Å². The minimum absolute atomic E-state index is 0.0258. The van der Waals surface area contributed by atoms with E-state index in [4.69, 9.17) is 5.26 Å². The molecule has 0 aliphatic carbocycles. The summed E-state index contributed by atoms with van der Waals surface area (Å²) >= 11 is 0. The smallest absolute Gasteiger partial charge is 0.218 e. The molecule has 0 radical (unpaired) electrons. The van der Waals surface area contributed by atoms with E-state index in [1.54, 1.807) is 0 Å². The van der Waals surface area contributed by atoms with E-state index in [0.717, 1.165) is 6.07 Å². The van der Waals surface area contributed by atoms with Crippen LogP contribution in [0.2, 0.25) is 0 Å². The number of hydrogen-bond acceptors (Lipinski definition) is 4. The molecule has 0 saturated carbocycles. The van der Waals surface area contributed by atoms with Crippen molar-refractivity contribution in [2.75, 3.05) is 13.1 Å². The molecule has 0 bridgehead atoms. The maximum atomic E-state index is 13.7. The predicted molar refractivity (Wildman–Crippen MR) is 75.1 cm³/mol. The van der Waals surface area contributed by atoms with Gasteiger partial charge in [0, 0.05) is 18.7 Å². The number of hydrogen-bond donors (Lipinski definition) is 1. The SMILES string of the molecule is CC1CCN(S(=O)(=O)Cc2cc(C#N)ccc2F)CC1O. The van der Waals surface area contributed by atoms with Gasteiger partial charge in [-0.05, 0) is 30.5 Å². The lowest BCUT2D eigenvalue weighted by Gasteiger charge is -2.33. The van der Waals surface area contributed by atoms with Crippen molar-refractivity contribution in [3.05, 3.63) is 35.1 Å². The maximum Gasteiger partial charge on any atom is 0.218 e. The number of nitriles is 1. The number of benzene rings is 1. The molecule has 1 aliphatic heterocycles. The Hall–Kier alpha value is -1.49. The summed E-state index contributed by atoms with van der Waals surface area (Å²) in [5.41, 5.74) is 0.191. The number of rotatable bonds is 3. The molecule has 0 amide bonds. The number of piperidine rings is 1. The molecular weight excluding hydrogens is 295 g/mol. The number of aliphatic hydroxyl groups excluding tert-OH is 1. The number of β-amino-alcohol motifs (C(OH)–C–C–N with tert-alkyl or cyclic N) is 1. The first kappa shape index (κ1) is 15.9. The molecule has 21 heavy (non-hydrogen) atoms. The van der Waals surface area contributed by atoms with Crippen LogP contribution < -0.4 is 0 Å². The van der Waals surface area contributed by atoms with Crippen LogP contribution in [0.4, 0.5) is 4.39 Å². The van der Waals surface area contributed by atoms with E-state index < -0.39 is 27.7 Å². The van der Waals surface area contributed by atoms with Gasteiger partial charge in [0.25, 0.3) is 0 Å². The molecule has 1 heterocycles. The minimum Gasteiger partial charge on any atom is -0.391 e. The molecule has 2 rings (SSSR count). The van der Waals surface area contributed by atoms with Crippen molar-refractivity contribution in [3.63, 3.8) is 0 Å². The standard InChI is InChI=1S/C14H17FN2O3S/c1-10-4-5-17(8-14(10)18)21(19,20)9-12-6-11(7-16)2-3-13(12)15/h2-3,6,10,14,18H,4-5,8-9H2,1H3. The molecule has 114 valence electrons. The molecule has 0 spiro atoms. The van der Waals surface area contributed by atoms with Crippen LogP contribution in [0.3, 0.4) is 0 Å². The van der Waals surface area contributed by atoms with Gasteiger partial charge in [0.05, 0.1) is 23.5 Å². The van der Waals surface area contributed by atoms with Gasteiger partial charge in [-0.2, -0.15) is 9.57 Å². The maximum absolute atomic E-state index is 13.7. The molecule has 5 nitrogen and oxygen atoms in total. The fourth-order valence-corrected chi connectivity index (χ4v) is 3.88. The lowest BCUT2D eigenvalue weighted by Crippen LogP contribution is -2.46. The molecule has 1 N–H and O–H groups in total. The Morgan fingerprint density at radius 1 is 1.52 bits per heavy atom. The molecule has 7 heteroatoms. The molecule has 1 fully saturated rings. The van der Waals surface area contributed by atoms with E-state index in [1.807, 2.05) is 13.0 Å². The largest absolute Gasteiger partial charge is 0.391 e. The summed E-state index contributed by atoms with van der Waals surface area (Å²) in [5.74, 6) is -1.10. The Kier molecular flexibility index (Phi) is 4.61. The van der Waals surface area contributed by atoms with E-state index in [1.165, 1.54) is 16.4 Å². The average Bonchev–Trinajstić information content (AvgIpc) is 2.44. The van der Waals surface area contributed by atoms with Gasteiger partial charge >= 0.3 is 0 Å². The molecular formula is C14H17FN2O3S. The zero-order valence-electron chi connectivity index (χ0n) is 11.7. The highest BCUT2D eigenvalue weighted by Crippen LogP contribution is 2.22. The Labute approximate surface area is 123 Å². The first-order valence-electron chi connectivity index (χ1n) is 6.68. The molecule has 1 aliphatic rings. The minimum atomic E-state index is -3.72. The summed E-state index contributed by atoms with van der Waals surface area (Å²) in [5, 5.41) is 18.6. The normalized spacial score (nSPS) is 23.7. The van der Waals surface area contributed by atoms with E-state index in [0.29, 0.717) is 13.0 Å². The molecule has 0 aromatic heterocycles. The zero-order chi connectivity index (χ0) is 15.6. The van der Waals surface area contributed by atoms with Gasteiger partial charge in [0.1, 0.15) is 5.82 Å². The summed E-state index contributed by atoms with van der Waals surface area (Å²) < 4.78 is 39.5. The van der Waals surface area contributed by atoms with Crippen LogP contribution in [0.1, 0.15) is 24.5 Å². The lowest BCUT2D eigenvalue weighted by molar-refractivity contribution is 0.0604. The van der Waals surface area contributed by atoms with Crippen molar-refractivity contribution >= 4 is 10.0 Å². The molecule has 2 atom stereocenters. The van der Waals surface area contributed by atoms with Crippen LogP contribution in [0, 0.1) is 23.1 Å². The second kappa shape index (κ2) is 6.10. The predicted octanol–water partition coefficient (Wildman–Crippen LogP) is 1.23. The fourth-order valence-electron chi connectivity index (χ4n) is 2.32. The van der Waals surface area contributed by atoms with Crippen molar-refractivity contribution < 1.29 is 17.9 Å².